The molecule has 0 radical (unpaired) electrons. The molecule has 0 amide bonds. The lowest BCUT2D eigenvalue weighted by Gasteiger charge is -2.14. The molecule has 1 atom stereocenters. The van der Waals surface area contributed by atoms with Crippen LogP contribution in [0.2, 0.25) is 0 Å². The second-order valence-electron chi connectivity index (χ2n) is 5.17. The highest BCUT2D eigenvalue weighted by Crippen LogP contribution is 2.22. The minimum atomic E-state index is -0.281. The minimum absolute atomic E-state index is 0.157. The van der Waals surface area contributed by atoms with E-state index in [4.69, 9.17) is 4.74 Å². The highest BCUT2D eigenvalue weighted by Gasteiger charge is 2.17. The van der Waals surface area contributed by atoms with Gasteiger partial charge in [-0.1, -0.05) is 26.3 Å². The Morgan fingerprint density at radius 2 is 2.10 bits per heavy atom. The molecule has 108 valence electrons. The molecular formula is C17H23NO2. The van der Waals surface area contributed by atoms with Gasteiger partial charge in [-0.3, -0.25) is 0 Å². The first-order valence-corrected chi connectivity index (χ1v) is 7.43. The van der Waals surface area contributed by atoms with Gasteiger partial charge < -0.3 is 9.30 Å². The zero-order valence-electron chi connectivity index (χ0n) is 12.6. The van der Waals surface area contributed by atoms with Crippen LogP contribution < -0.4 is 0 Å². The van der Waals surface area contributed by atoms with Gasteiger partial charge in [0.25, 0.3) is 0 Å². The number of carbonyl (C=O) groups excluding carboxylic acids is 1. The van der Waals surface area contributed by atoms with Crippen LogP contribution in [0.5, 0.6) is 0 Å². The van der Waals surface area contributed by atoms with E-state index in [1.807, 2.05) is 17.7 Å². The summed E-state index contributed by atoms with van der Waals surface area (Å²) < 4.78 is 7.29. The van der Waals surface area contributed by atoms with Gasteiger partial charge in [0, 0.05) is 11.7 Å². The lowest BCUT2D eigenvalue weighted by Crippen LogP contribution is -2.19. The Morgan fingerprint density at radius 3 is 2.80 bits per heavy atom. The first-order valence-electron chi connectivity index (χ1n) is 7.43. The van der Waals surface area contributed by atoms with Crippen LogP contribution in [-0.4, -0.2) is 17.1 Å². The van der Waals surface area contributed by atoms with Crippen LogP contribution in [0.25, 0.3) is 10.9 Å². The number of fused-ring (bicyclic) bond motifs is 1. The number of benzene rings is 1. The zero-order chi connectivity index (χ0) is 14.5. The SMILES string of the molecule is CCCCOC(=O)C(C)n1ccc2cc(CC)ccc21. The van der Waals surface area contributed by atoms with Crippen molar-refractivity contribution in [2.24, 2.45) is 0 Å². The van der Waals surface area contributed by atoms with Crippen molar-refractivity contribution < 1.29 is 9.53 Å². The van der Waals surface area contributed by atoms with E-state index in [9.17, 15) is 4.79 Å². The van der Waals surface area contributed by atoms with E-state index in [1.165, 1.54) is 10.9 Å². The smallest absolute Gasteiger partial charge is 0.328 e. The third-order valence-corrected chi connectivity index (χ3v) is 3.69. The first kappa shape index (κ1) is 14.6. The molecule has 1 unspecified atom stereocenters. The molecule has 1 heterocycles. The molecule has 0 aliphatic rings. The molecule has 1 aromatic carbocycles. The van der Waals surface area contributed by atoms with Crippen LogP contribution >= 0.6 is 0 Å². The Labute approximate surface area is 120 Å². The van der Waals surface area contributed by atoms with Crippen LogP contribution in [0, 0.1) is 0 Å². The summed E-state index contributed by atoms with van der Waals surface area (Å²) in [5.41, 5.74) is 2.40. The van der Waals surface area contributed by atoms with Crippen molar-refractivity contribution in [3.05, 3.63) is 36.0 Å². The van der Waals surface area contributed by atoms with Gasteiger partial charge in [-0.05, 0) is 48.9 Å². The maximum absolute atomic E-state index is 12.0. The van der Waals surface area contributed by atoms with E-state index in [1.54, 1.807) is 0 Å². The van der Waals surface area contributed by atoms with Crippen molar-refractivity contribution in [3.8, 4) is 0 Å². The third kappa shape index (κ3) is 3.03. The summed E-state index contributed by atoms with van der Waals surface area (Å²) >= 11 is 0. The van der Waals surface area contributed by atoms with E-state index in [-0.39, 0.29) is 12.0 Å². The lowest BCUT2D eigenvalue weighted by atomic mass is 10.1. The Morgan fingerprint density at radius 1 is 1.30 bits per heavy atom. The molecule has 3 nitrogen and oxygen atoms in total. The molecule has 1 aromatic heterocycles. The maximum Gasteiger partial charge on any atom is 0.328 e. The normalized spacial score (nSPS) is 12.6. The average molecular weight is 273 g/mol. The molecule has 0 fully saturated rings. The van der Waals surface area contributed by atoms with Crippen LogP contribution in [0.3, 0.4) is 0 Å². The van der Waals surface area contributed by atoms with Crippen molar-refractivity contribution in [1.29, 1.82) is 0 Å². The highest BCUT2D eigenvalue weighted by molar-refractivity contribution is 5.84. The van der Waals surface area contributed by atoms with Crippen LogP contribution in [-0.2, 0) is 16.0 Å². The van der Waals surface area contributed by atoms with Gasteiger partial charge >= 0.3 is 5.97 Å². The molecule has 20 heavy (non-hydrogen) atoms. The fraction of sp³-hybridized carbons (Fsp3) is 0.471. The molecule has 0 N–H and O–H groups in total. The second kappa shape index (κ2) is 6.60. The van der Waals surface area contributed by atoms with Gasteiger partial charge in [0.1, 0.15) is 6.04 Å². The van der Waals surface area contributed by atoms with Gasteiger partial charge in [-0.15, -0.1) is 0 Å². The average Bonchev–Trinajstić information content (AvgIpc) is 2.89. The summed E-state index contributed by atoms with van der Waals surface area (Å²) in [5, 5.41) is 1.18. The monoisotopic (exact) mass is 273 g/mol. The number of hydrogen-bond donors (Lipinski definition) is 0. The Kier molecular flexibility index (Phi) is 4.83. The predicted octanol–water partition coefficient (Wildman–Crippen LogP) is 4.11. The van der Waals surface area contributed by atoms with E-state index < -0.39 is 0 Å². The van der Waals surface area contributed by atoms with Crippen molar-refractivity contribution in [3.63, 3.8) is 0 Å². The summed E-state index contributed by atoms with van der Waals surface area (Å²) in [6, 6.07) is 8.17. The van der Waals surface area contributed by atoms with E-state index in [2.05, 4.69) is 38.1 Å². The number of aryl methyl sites for hydroxylation is 1. The Balaban J connectivity index is 2.17. The van der Waals surface area contributed by atoms with Crippen molar-refractivity contribution in [2.45, 2.75) is 46.1 Å². The minimum Gasteiger partial charge on any atom is -0.464 e. The Hall–Kier alpha value is -1.77. The molecule has 0 aliphatic carbocycles. The lowest BCUT2D eigenvalue weighted by molar-refractivity contribution is -0.147. The van der Waals surface area contributed by atoms with E-state index in [0.717, 1.165) is 24.8 Å². The molecule has 3 heteroatoms. The second-order valence-corrected chi connectivity index (χ2v) is 5.17. The van der Waals surface area contributed by atoms with Crippen molar-refractivity contribution >= 4 is 16.9 Å². The fourth-order valence-corrected chi connectivity index (χ4v) is 2.32. The van der Waals surface area contributed by atoms with Gasteiger partial charge in [0.05, 0.1) is 6.61 Å². The topological polar surface area (TPSA) is 31.2 Å². The third-order valence-electron chi connectivity index (χ3n) is 3.69. The Bertz CT molecular complexity index is 586. The summed E-state index contributed by atoms with van der Waals surface area (Å²) in [6.45, 7) is 6.63. The molecule has 0 saturated heterocycles. The van der Waals surface area contributed by atoms with Gasteiger partial charge in [0.15, 0.2) is 0 Å². The molecule has 0 aliphatic heterocycles. The number of carbonyl (C=O) groups is 1. The number of nitrogens with zero attached hydrogens (tertiary/aromatic N) is 1. The van der Waals surface area contributed by atoms with Crippen LogP contribution in [0.15, 0.2) is 30.5 Å². The van der Waals surface area contributed by atoms with Crippen molar-refractivity contribution in [2.75, 3.05) is 6.61 Å². The molecule has 0 spiro atoms. The molecule has 0 bridgehead atoms. The maximum atomic E-state index is 12.0. The molecule has 2 rings (SSSR count). The largest absolute Gasteiger partial charge is 0.464 e. The summed E-state index contributed by atoms with van der Waals surface area (Å²) in [7, 11) is 0. The zero-order valence-corrected chi connectivity index (χ0v) is 12.6. The molecular weight excluding hydrogens is 250 g/mol. The number of aromatic nitrogens is 1. The van der Waals surface area contributed by atoms with Crippen LogP contribution in [0.4, 0.5) is 0 Å². The summed E-state index contributed by atoms with van der Waals surface area (Å²) in [4.78, 5) is 12.0. The standard InChI is InChI=1S/C17H23NO2/c1-4-6-11-20-17(19)13(3)18-10-9-15-12-14(5-2)7-8-16(15)18/h7-10,12-13H,4-6,11H2,1-3H3. The fourth-order valence-electron chi connectivity index (χ4n) is 2.32. The number of rotatable bonds is 6. The predicted molar refractivity (Wildman–Crippen MR) is 81.9 cm³/mol. The number of hydrogen-bond acceptors (Lipinski definition) is 2. The molecule has 2 aromatic rings. The number of unbranched alkanes of at least 4 members (excludes halogenated alkanes) is 1. The van der Waals surface area contributed by atoms with Gasteiger partial charge in [-0.2, -0.15) is 0 Å². The highest BCUT2D eigenvalue weighted by atomic mass is 16.5. The van der Waals surface area contributed by atoms with Gasteiger partial charge in [-0.25, -0.2) is 4.79 Å². The number of esters is 1. The van der Waals surface area contributed by atoms with Crippen molar-refractivity contribution in [1.82, 2.24) is 4.57 Å². The van der Waals surface area contributed by atoms with Crippen LogP contribution in [0.1, 0.15) is 45.2 Å². The summed E-state index contributed by atoms with van der Waals surface area (Å²) in [6.07, 6.45) is 4.95. The first-order chi connectivity index (χ1) is 9.67. The van der Waals surface area contributed by atoms with Gasteiger partial charge in [0.2, 0.25) is 0 Å². The summed E-state index contributed by atoms with van der Waals surface area (Å²) in [5.74, 6) is -0.157. The number of ether oxygens (including phenoxy) is 1. The quantitative estimate of drug-likeness (QED) is 0.586. The van der Waals surface area contributed by atoms with E-state index >= 15 is 0 Å². The van der Waals surface area contributed by atoms with E-state index in [0.29, 0.717) is 6.61 Å². The molecule has 0 saturated carbocycles.